The van der Waals surface area contributed by atoms with Gasteiger partial charge in [-0.25, -0.2) is 15.0 Å². The van der Waals surface area contributed by atoms with Crippen LogP contribution in [0.25, 0.3) is 11.2 Å². The lowest BCUT2D eigenvalue weighted by molar-refractivity contribution is -0.148. The van der Waals surface area contributed by atoms with Crippen LogP contribution in [0.15, 0.2) is 43.0 Å². The Morgan fingerprint density at radius 1 is 1.31 bits per heavy atom. The number of fused-ring (bicyclic) bond motifs is 1. The Hall–Kier alpha value is -3.22. The fraction of sp³-hybridized carbons (Fsp3) is 0.429. The van der Waals surface area contributed by atoms with Gasteiger partial charge in [0.05, 0.1) is 12.9 Å². The highest BCUT2D eigenvalue weighted by Crippen LogP contribution is 2.35. The number of nitrogens with one attached hydrogen (secondary N) is 1. The Labute approximate surface area is 200 Å². The normalized spacial score (nSPS) is 21.3. The number of anilines is 1. The highest BCUT2D eigenvalue weighted by atomic mass is 31.1. The van der Waals surface area contributed by atoms with Gasteiger partial charge >= 0.3 is 14.1 Å². The first-order chi connectivity index (χ1) is 17.0. The molecule has 1 saturated carbocycles. The van der Waals surface area contributed by atoms with E-state index in [1.165, 1.54) is 13.3 Å². The Balaban J connectivity index is 1.21. The molecule has 1 aliphatic carbocycles. The fourth-order valence-corrected chi connectivity index (χ4v) is 4.29. The third-order valence-corrected chi connectivity index (χ3v) is 6.55. The number of aromatic nitrogens is 4. The van der Waals surface area contributed by atoms with E-state index >= 15 is 0 Å². The van der Waals surface area contributed by atoms with Crippen molar-refractivity contribution in [3.63, 3.8) is 0 Å². The third kappa shape index (κ3) is 5.39. The summed E-state index contributed by atoms with van der Waals surface area (Å²) in [5, 5.41) is 12.7. The maximum atomic E-state index is 12.8. The van der Waals surface area contributed by atoms with Crippen molar-refractivity contribution in [1.82, 2.24) is 24.4 Å². The molecular formula is C21H24N6O7P+. The van der Waals surface area contributed by atoms with E-state index in [1.807, 2.05) is 0 Å². The molecule has 0 radical (unpaired) electrons. The average molecular weight is 503 g/mol. The molecule has 2 fully saturated rings. The van der Waals surface area contributed by atoms with E-state index in [4.69, 9.17) is 18.8 Å². The molecule has 1 aromatic carbocycles. The maximum Gasteiger partial charge on any atom is 0.653 e. The van der Waals surface area contributed by atoms with Crippen LogP contribution in [0.1, 0.15) is 26.0 Å². The summed E-state index contributed by atoms with van der Waals surface area (Å²) >= 11 is 0. The molecule has 2 unspecified atom stereocenters. The number of imidazole rings is 1. The van der Waals surface area contributed by atoms with Crippen LogP contribution in [0, 0.1) is 0 Å². The third-order valence-electron chi connectivity index (χ3n) is 5.43. The molecule has 13 nitrogen and oxygen atoms in total. The van der Waals surface area contributed by atoms with Gasteiger partial charge in [-0.1, -0.05) is 18.2 Å². The number of carboxylic acids is 1. The summed E-state index contributed by atoms with van der Waals surface area (Å²) in [5.41, 5.74) is 1.24. The van der Waals surface area contributed by atoms with Crippen molar-refractivity contribution < 1.29 is 33.3 Å². The number of carbonyl (C=O) groups is 1. The zero-order valence-corrected chi connectivity index (χ0v) is 19.7. The Kier molecular flexibility index (Phi) is 6.84. The zero-order valence-electron chi connectivity index (χ0n) is 18.8. The van der Waals surface area contributed by atoms with Gasteiger partial charge in [0.1, 0.15) is 11.2 Å². The van der Waals surface area contributed by atoms with Gasteiger partial charge in [-0.15, -0.1) is 4.52 Å². The lowest BCUT2D eigenvalue weighted by Crippen LogP contribution is -2.37. The van der Waals surface area contributed by atoms with E-state index in [1.54, 1.807) is 41.2 Å². The molecule has 35 heavy (non-hydrogen) atoms. The molecule has 1 aliphatic heterocycles. The summed E-state index contributed by atoms with van der Waals surface area (Å²) < 4.78 is 31.4. The lowest BCUT2D eigenvalue weighted by Gasteiger charge is -2.15. The number of hydrogen-bond acceptors (Lipinski definition) is 10. The minimum absolute atomic E-state index is 0.196. The monoisotopic (exact) mass is 503 g/mol. The van der Waals surface area contributed by atoms with Crippen LogP contribution in [-0.2, 0) is 23.4 Å². The number of hydroxylamine groups is 1. The van der Waals surface area contributed by atoms with E-state index in [9.17, 15) is 14.5 Å². The van der Waals surface area contributed by atoms with Crippen LogP contribution >= 0.6 is 8.18 Å². The first-order valence-corrected chi connectivity index (χ1v) is 12.2. The van der Waals surface area contributed by atoms with Gasteiger partial charge in [-0.3, -0.25) is 9.36 Å². The van der Waals surface area contributed by atoms with Gasteiger partial charge in [0.15, 0.2) is 47.9 Å². The molecule has 2 aliphatic rings. The summed E-state index contributed by atoms with van der Waals surface area (Å²) in [5.74, 6) is -0.213. The van der Waals surface area contributed by atoms with Crippen molar-refractivity contribution in [3.05, 3.63) is 43.0 Å². The summed E-state index contributed by atoms with van der Waals surface area (Å²) in [4.78, 5) is 30.8. The van der Waals surface area contributed by atoms with E-state index < -0.39 is 32.7 Å². The summed E-state index contributed by atoms with van der Waals surface area (Å²) in [6, 6.07) is 7.62. The predicted molar refractivity (Wildman–Crippen MR) is 121 cm³/mol. The summed E-state index contributed by atoms with van der Waals surface area (Å²) in [7, 11) is -2.68. The number of carboxylic acid groups (broad SMARTS) is 1. The van der Waals surface area contributed by atoms with Gasteiger partial charge in [0, 0.05) is 6.04 Å². The number of hydrogen-bond donors (Lipinski definition) is 2. The van der Waals surface area contributed by atoms with Gasteiger partial charge < -0.3 is 24.7 Å². The van der Waals surface area contributed by atoms with Crippen LogP contribution in [0.5, 0.6) is 5.75 Å². The maximum absolute atomic E-state index is 12.8. The molecule has 14 heteroatoms. The zero-order chi connectivity index (χ0) is 24.4. The smallest absolute Gasteiger partial charge is 0.480 e. The second-order valence-corrected chi connectivity index (χ2v) is 9.20. The number of rotatable bonds is 11. The number of benzene rings is 1. The van der Waals surface area contributed by atoms with Gasteiger partial charge in [0.25, 0.3) is 0 Å². The van der Waals surface area contributed by atoms with Crippen LogP contribution in [0.3, 0.4) is 0 Å². The topological polar surface area (TPSA) is 150 Å². The molecular weight excluding hydrogens is 479 g/mol. The minimum Gasteiger partial charge on any atom is -0.480 e. The number of ether oxygens (including phenoxy) is 2. The van der Waals surface area contributed by atoms with Crippen LogP contribution in [-0.4, -0.2) is 67.0 Å². The summed E-state index contributed by atoms with van der Waals surface area (Å²) in [6.45, 7) is 1.34. The molecule has 5 rings (SSSR count). The first-order valence-electron chi connectivity index (χ1n) is 11.1. The predicted octanol–water partition coefficient (Wildman–Crippen LogP) is 2.72. The Bertz CT molecular complexity index is 1210. The molecule has 2 aromatic heterocycles. The van der Waals surface area contributed by atoms with E-state index in [0.29, 0.717) is 28.8 Å². The van der Waals surface area contributed by atoms with Crippen molar-refractivity contribution in [2.45, 2.75) is 44.4 Å². The van der Waals surface area contributed by atoms with E-state index in [2.05, 4.69) is 20.3 Å². The lowest BCUT2D eigenvalue weighted by atomic mass is 10.3. The molecule has 4 atom stereocenters. The second kappa shape index (κ2) is 10.2. The Morgan fingerprint density at radius 3 is 2.86 bits per heavy atom. The minimum atomic E-state index is -2.68. The van der Waals surface area contributed by atoms with Crippen molar-refractivity contribution in [3.8, 4) is 5.75 Å². The van der Waals surface area contributed by atoms with Crippen LogP contribution in [0.2, 0.25) is 0 Å². The summed E-state index contributed by atoms with van der Waals surface area (Å²) in [6.07, 6.45) is 3.94. The average Bonchev–Trinajstić information content (AvgIpc) is 3.37. The van der Waals surface area contributed by atoms with Crippen molar-refractivity contribution >= 4 is 31.1 Å². The Morgan fingerprint density at radius 2 is 2.11 bits per heavy atom. The highest BCUT2D eigenvalue weighted by Gasteiger charge is 2.43. The molecule has 2 N–H and O–H groups in total. The molecule has 3 heterocycles. The molecule has 0 bridgehead atoms. The molecule has 1 saturated heterocycles. The number of aliphatic carboxylic acids is 1. The second-order valence-electron chi connectivity index (χ2n) is 8.07. The SMILES string of the molecule is CC(C(=O)O)N(Oc1ccccc1)[P+](=O)OC[C@@H]1OC[C@H](n2cnc3c(NC4CC4)ncnc32)O1. The molecule has 184 valence electrons. The fourth-order valence-electron chi connectivity index (χ4n) is 3.39. The molecule has 0 spiro atoms. The van der Waals surface area contributed by atoms with Gasteiger partial charge in [0.2, 0.25) is 0 Å². The van der Waals surface area contributed by atoms with E-state index in [-0.39, 0.29) is 13.2 Å². The molecule has 0 amide bonds. The van der Waals surface area contributed by atoms with Gasteiger partial charge in [-0.2, -0.15) is 0 Å². The number of para-hydroxylation sites is 1. The molecule has 3 aromatic rings. The van der Waals surface area contributed by atoms with Crippen molar-refractivity contribution in [2.24, 2.45) is 0 Å². The largest absolute Gasteiger partial charge is 0.653 e. The number of nitrogens with zero attached hydrogens (tertiary/aromatic N) is 5. The standard InChI is InChI=1S/C21H23N6O7P/c1-13(21(28)29)27(34-15-5-3-2-4-6-15)35(30)32-10-17-31-9-16(33-17)26-12-24-18-19(25-14-7-8-14)22-11-23-20(18)26/h2-6,11-14,16-17H,7-10H2,1H3,(H-,22,23,25,28,29)/p+1/t13?,16-,17-/m1/s1. The van der Waals surface area contributed by atoms with Crippen molar-refractivity contribution in [2.75, 3.05) is 18.5 Å². The van der Waals surface area contributed by atoms with E-state index in [0.717, 1.165) is 17.7 Å². The first kappa shape index (κ1) is 23.5. The quantitative estimate of drug-likeness (QED) is 0.292. The van der Waals surface area contributed by atoms with Crippen LogP contribution in [0.4, 0.5) is 5.82 Å². The van der Waals surface area contributed by atoms with Gasteiger partial charge in [-0.05, 0) is 36.5 Å². The highest BCUT2D eigenvalue weighted by molar-refractivity contribution is 7.36. The van der Waals surface area contributed by atoms with Crippen molar-refractivity contribution in [1.29, 1.82) is 0 Å². The van der Waals surface area contributed by atoms with Crippen LogP contribution < -0.4 is 10.2 Å².